The Bertz CT molecular complexity index is 1180. The second kappa shape index (κ2) is 8.46. The molecule has 0 saturated heterocycles. The maximum atomic E-state index is 12.3. The predicted molar refractivity (Wildman–Crippen MR) is 112 cm³/mol. The van der Waals surface area contributed by atoms with E-state index in [2.05, 4.69) is 10.5 Å². The summed E-state index contributed by atoms with van der Waals surface area (Å²) in [6.07, 6.45) is 1.42. The summed E-state index contributed by atoms with van der Waals surface area (Å²) in [4.78, 5) is 13.3. The number of hydrogen-bond acceptors (Lipinski definition) is 6. The van der Waals surface area contributed by atoms with Crippen LogP contribution in [0.15, 0.2) is 84.6 Å². The molecule has 0 atom stereocenters. The molecule has 146 valence electrons. The number of halogens is 1. The molecule has 2 heterocycles. The van der Waals surface area contributed by atoms with Gasteiger partial charge in [0, 0.05) is 15.3 Å². The van der Waals surface area contributed by atoms with Crippen LogP contribution in [0, 0.1) is 0 Å². The molecular formula is C21H15ClN2O4S. The van der Waals surface area contributed by atoms with Gasteiger partial charge >= 0.3 is 5.91 Å². The van der Waals surface area contributed by atoms with Crippen molar-refractivity contribution in [3.63, 3.8) is 0 Å². The average molecular weight is 427 g/mol. The third-order valence-corrected chi connectivity index (χ3v) is 5.12. The van der Waals surface area contributed by atoms with E-state index in [1.807, 2.05) is 42.5 Å². The van der Waals surface area contributed by atoms with Crippen molar-refractivity contribution in [3.05, 3.63) is 77.2 Å². The first-order chi connectivity index (χ1) is 14.1. The maximum absolute atomic E-state index is 12.3. The lowest BCUT2D eigenvalue weighted by Crippen LogP contribution is -2.16. The number of carbonyl (C=O) groups excluding carboxylic acids is 1. The zero-order chi connectivity index (χ0) is 20.2. The number of hydrazone groups is 1. The van der Waals surface area contributed by atoms with Gasteiger partial charge < -0.3 is 13.6 Å². The zero-order valence-electron chi connectivity index (χ0n) is 15.2. The first-order valence-corrected chi connectivity index (χ1v) is 9.75. The van der Waals surface area contributed by atoms with Crippen LogP contribution in [-0.2, 0) is 0 Å². The molecular weight excluding hydrogens is 412 g/mol. The molecule has 0 aliphatic heterocycles. The molecule has 29 heavy (non-hydrogen) atoms. The highest BCUT2D eigenvalue weighted by atomic mass is 35.5. The summed E-state index contributed by atoms with van der Waals surface area (Å²) in [5.74, 6) is 0.737. The first-order valence-electron chi connectivity index (χ1n) is 8.55. The molecule has 4 rings (SSSR count). The van der Waals surface area contributed by atoms with Crippen molar-refractivity contribution < 1.29 is 18.4 Å². The third-order valence-electron chi connectivity index (χ3n) is 3.94. The van der Waals surface area contributed by atoms with Crippen LogP contribution >= 0.6 is 23.4 Å². The summed E-state index contributed by atoms with van der Waals surface area (Å²) < 4.78 is 16.5. The van der Waals surface area contributed by atoms with Gasteiger partial charge in [0.1, 0.15) is 5.76 Å². The first kappa shape index (κ1) is 19.2. The Kier molecular flexibility index (Phi) is 5.59. The van der Waals surface area contributed by atoms with E-state index in [-0.39, 0.29) is 5.76 Å². The summed E-state index contributed by atoms with van der Waals surface area (Å²) in [7, 11) is 1.55. The van der Waals surface area contributed by atoms with Crippen molar-refractivity contribution in [2.45, 2.75) is 9.99 Å². The van der Waals surface area contributed by atoms with Crippen molar-refractivity contribution in [1.29, 1.82) is 0 Å². The number of fused-ring (bicyclic) bond motifs is 1. The average Bonchev–Trinajstić information content (AvgIpc) is 3.36. The molecule has 6 nitrogen and oxygen atoms in total. The van der Waals surface area contributed by atoms with Gasteiger partial charge in [-0.25, -0.2) is 5.43 Å². The van der Waals surface area contributed by atoms with Gasteiger partial charge in [-0.2, -0.15) is 5.10 Å². The highest BCUT2D eigenvalue weighted by molar-refractivity contribution is 7.99. The van der Waals surface area contributed by atoms with E-state index in [1.54, 1.807) is 25.3 Å². The number of furan rings is 2. The number of para-hydroxylation sites is 1. The van der Waals surface area contributed by atoms with Gasteiger partial charge in [0.15, 0.2) is 22.2 Å². The van der Waals surface area contributed by atoms with Crippen LogP contribution in [0.25, 0.3) is 11.0 Å². The normalized spacial score (nSPS) is 11.2. The molecule has 4 aromatic rings. The highest BCUT2D eigenvalue weighted by Crippen LogP contribution is 2.30. The lowest BCUT2D eigenvalue weighted by atomic mass is 10.2. The molecule has 0 fully saturated rings. The fourth-order valence-corrected chi connectivity index (χ4v) is 3.50. The Hall–Kier alpha value is -3.16. The number of methoxy groups -OCH3 is 1. The van der Waals surface area contributed by atoms with E-state index < -0.39 is 5.91 Å². The van der Waals surface area contributed by atoms with E-state index in [0.717, 1.165) is 10.3 Å². The number of ether oxygens (including phenoxy) is 1. The summed E-state index contributed by atoms with van der Waals surface area (Å²) in [5.41, 5.74) is 2.94. The fourth-order valence-electron chi connectivity index (χ4n) is 2.60. The van der Waals surface area contributed by atoms with Crippen LogP contribution in [-0.4, -0.2) is 19.2 Å². The number of hydrogen-bond donors (Lipinski definition) is 1. The molecule has 0 aliphatic carbocycles. The Labute approximate surface area is 175 Å². The van der Waals surface area contributed by atoms with E-state index in [1.165, 1.54) is 18.0 Å². The smallest absolute Gasteiger partial charge is 0.307 e. The predicted octanol–water partition coefficient (Wildman–Crippen LogP) is 5.60. The summed E-state index contributed by atoms with van der Waals surface area (Å²) in [5, 5.41) is 6.08. The van der Waals surface area contributed by atoms with Crippen LogP contribution in [0.5, 0.6) is 5.75 Å². The monoisotopic (exact) mass is 426 g/mol. The molecule has 0 spiro atoms. The SMILES string of the molecule is COc1cccc2cc(C(=O)N/N=C/c3ccc(Sc4ccc(Cl)cc4)o3)oc12. The molecule has 1 N–H and O–H groups in total. The maximum Gasteiger partial charge on any atom is 0.307 e. The molecule has 2 aromatic carbocycles. The van der Waals surface area contributed by atoms with Gasteiger partial charge in [0.2, 0.25) is 0 Å². The van der Waals surface area contributed by atoms with Gasteiger partial charge in [-0.05, 0) is 48.5 Å². The van der Waals surface area contributed by atoms with E-state index in [9.17, 15) is 4.79 Å². The minimum absolute atomic E-state index is 0.139. The second-order valence-electron chi connectivity index (χ2n) is 5.90. The molecule has 0 radical (unpaired) electrons. The van der Waals surface area contributed by atoms with Crippen LogP contribution in [0.1, 0.15) is 16.3 Å². The Morgan fingerprint density at radius 2 is 1.97 bits per heavy atom. The standard InChI is InChI=1S/C21H15ClN2O4S/c1-26-17-4-2-3-13-11-18(28-20(13)17)21(25)24-23-12-15-7-10-19(27-15)29-16-8-5-14(22)6-9-16/h2-12H,1H3,(H,24,25)/b23-12+. The number of rotatable bonds is 6. The van der Waals surface area contributed by atoms with Crippen molar-refractivity contribution >= 4 is 46.5 Å². The zero-order valence-corrected chi connectivity index (χ0v) is 16.8. The Morgan fingerprint density at radius 1 is 1.14 bits per heavy atom. The van der Waals surface area contributed by atoms with Crippen LogP contribution in [0.4, 0.5) is 0 Å². The van der Waals surface area contributed by atoms with Crippen LogP contribution < -0.4 is 10.2 Å². The number of carbonyl (C=O) groups is 1. The Morgan fingerprint density at radius 3 is 2.76 bits per heavy atom. The summed E-state index contributed by atoms with van der Waals surface area (Å²) in [6, 6.07) is 18.1. The topological polar surface area (TPSA) is 77.0 Å². The van der Waals surface area contributed by atoms with Crippen molar-refractivity contribution in [2.24, 2.45) is 5.10 Å². The van der Waals surface area contributed by atoms with Crippen LogP contribution in [0.2, 0.25) is 5.02 Å². The molecule has 1 amide bonds. The van der Waals surface area contributed by atoms with Gasteiger partial charge in [-0.15, -0.1) is 0 Å². The van der Waals surface area contributed by atoms with Gasteiger partial charge in [-0.1, -0.05) is 35.5 Å². The third kappa shape index (κ3) is 4.47. The number of nitrogens with one attached hydrogen (secondary N) is 1. The van der Waals surface area contributed by atoms with Gasteiger partial charge in [0.25, 0.3) is 0 Å². The molecule has 0 unspecified atom stereocenters. The van der Waals surface area contributed by atoms with Gasteiger partial charge in [0.05, 0.1) is 13.3 Å². The molecule has 2 aromatic heterocycles. The molecule has 0 saturated carbocycles. The van der Waals surface area contributed by atoms with Crippen molar-refractivity contribution in [2.75, 3.05) is 7.11 Å². The highest BCUT2D eigenvalue weighted by Gasteiger charge is 2.14. The lowest BCUT2D eigenvalue weighted by Gasteiger charge is -1.98. The van der Waals surface area contributed by atoms with Crippen molar-refractivity contribution in [1.82, 2.24) is 5.43 Å². The lowest BCUT2D eigenvalue weighted by molar-refractivity contribution is 0.0929. The summed E-state index contributed by atoms with van der Waals surface area (Å²) in [6.45, 7) is 0. The largest absolute Gasteiger partial charge is 0.493 e. The summed E-state index contributed by atoms with van der Waals surface area (Å²) >= 11 is 7.34. The quantitative estimate of drug-likeness (QED) is 0.320. The minimum Gasteiger partial charge on any atom is -0.493 e. The van der Waals surface area contributed by atoms with E-state index >= 15 is 0 Å². The van der Waals surface area contributed by atoms with Crippen LogP contribution in [0.3, 0.4) is 0 Å². The van der Waals surface area contributed by atoms with E-state index in [0.29, 0.717) is 27.2 Å². The molecule has 0 aliphatic rings. The van der Waals surface area contributed by atoms with E-state index in [4.69, 9.17) is 25.2 Å². The molecule has 8 heteroatoms. The fraction of sp³-hybridized carbons (Fsp3) is 0.0476. The Balaban J connectivity index is 1.39. The number of benzene rings is 2. The second-order valence-corrected chi connectivity index (χ2v) is 7.42. The number of amides is 1. The van der Waals surface area contributed by atoms with Crippen molar-refractivity contribution in [3.8, 4) is 5.75 Å². The van der Waals surface area contributed by atoms with Gasteiger partial charge in [-0.3, -0.25) is 4.79 Å². The minimum atomic E-state index is -0.471. The number of nitrogens with zero attached hydrogens (tertiary/aromatic N) is 1. The molecule has 0 bridgehead atoms.